The molecule has 3 heterocycles. The molecule has 0 bridgehead atoms. The second-order valence-corrected chi connectivity index (χ2v) is 6.94. The fourth-order valence-corrected chi connectivity index (χ4v) is 3.00. The molecule has 1 aliphatic heterocycles. The maximum Gasteiger partial charge on any atom is 0.0612 e. The van der Waals surface area contributed by atoms with Gasteiger partial charge in [-0.25, -0.2) is 0 Å². The molecule has 4 nitrogen and oxygen atoms in total. The lowest BCUT2D eigenvalue weighted by molar-refractivity contribution is 0.455. The van der Waals surface area contributed by atoms with Crippen molar-refractivity contribution in [2.45, 2.75) is 58.3 Å². The first kappa shape index (κ1) is 18.5. The van der Waals surface area contributed by atoms with Gasteiger partial charge in [0.1, 0.15) is 0 Å². The van der Waals surface area contributed by atoms with Crippen LogP contribution in [0.15, 0.2) is 36.9 Å². The van der Waals surface area contributed by atoms with Crippen LogP contribution in [0, 0.1) is 0 Å². The molecule has 0 spiro atoms. The van der Waals surface area contributed by atoms with Gasteiger partial charge in [0.25, 0.3) is 0 Å². The van der Waals surface area contributed by atoms with Gasteiger partial charge in [0, 0.05) is 30.5 Å². The van der Waals surface area contributed by atoms with E-state index in [9.17, 15) is 0 Å². The van der Waals surface area contributed by atoms with Crippen LogP contribution in [-0.2, 0) is 0 Å². The summed E-state index contributed by atoms with van der Waals surface area (Å²) in [7, 11) is 0. The Morgan fingerprint density at radius 3 is 2.25 bits per heavy atom. The fourth-order valence-electron chi connectivity index (χ4n) is 3.00. The Bertz CT molecular complexity index is 590. The number of piperidine rings is 1. The number of hydrogen-bond acceptors (Lipinski definition) is 4. The number of nitrogens with zero attached hydrogens (tertiary/aromatic N) is 3. The Labute approximate surface area is 146 Å². The lowest BCUT2D eigenvalue weighted by Gasteiger charge is -2.25. The minimum Gasteiger partial charge on any atom is -0.317 e. The van der Waals surface area contributed by atoms with Gasteiger partial charge in [0.2, 0.25) is 0 Å². The average Bonchev–Trinajstić information content (AvgIpc) is 2.63. The van der Waals surface area contributed by atoms with E-state index in [1.807, 2.05) is 6.20 Å². The van der Waals surface area contributed by atoms with Crippen molar-refractivity contribution in [3.63, 3.8) is 0 Å². The van der Waals surface area contributed by atoms with Crippen LogP contribution in [0.1, 0.15) is 75.2 Å². The van der Waals surface area contributed by atoms with E-state index in [1.165, 1.54) is 24.1 Å². The van der Waals surface area contributed by atoms with E-state index < -0.39 is 0 Å². The predicted molar refractivity (Wildman–Crippen MR) is 99.3 cm³/mol. The van der Waals surface area contributed by atoms with Crippen molar-refractivity contribution in [1.82, 2.24) is 20.3 Å². The second kappa shape index (κ2) is 9.48. The molecular weight excluding hydrogens is 296 g/mol. The maximum absolute atomic E-state index is 4.53. The van der Waals surface area contributed by atoms with Crippen molar-refractivity contribution < 1.29 is 0 Å². The molecule has 4 heteroatoms. The highest BCUT2D eigenvalue weighted by Crippen LogP contribution is 2.30. The molecule has 0 aromatic carbocycles. The van der Waals surface area contributed by atoms with Crippen molar-refractivity contribution in [2.24, 2.45) is 0 Å². The van der Waals surface area contributed by atoms with Crippen LogP contribution in [0.5, 0.6) is 0 Å². The van der Waals surface area contributed by atoms with Crippen LogP contribution in [0.25, 0.3) is 0 Å². The number of aromatic nitrogens is 3. The van der Waals surface area contributed by atoms with E-state index in [-0.39, 0.29) is 0 Å². The molecule has 1 saturated heterocycles. The number of pyridine rings is 1. The molecule has 0 saturated carbocycles. The number of nitrogens with one attached hydrogen (secondary N) is 1. The second-order valence-electron chi connectivity index (χ2n) is 6.94. The van der Waals surface area contributed by atoms with E-state index in [0.29, 0.717) is 11.8 Å². The number of rotatable bonds is 3. The van der Waals surface area contributed by atoms with Crippen molar-refractivity contribution in [3.05, 3.63) is 53.9 Å². The Kier molecular flexibility index (Phi) is 7.32. The lowest BCUT2D eigenvalue weighted by Crippen LogP contribution is -2.27. The maximum atomic E-state index is 4.53. The lowest BCUT2D eigenvalue weighted by atomic mass is 9.87. The Balaban J connectivity index is 0.000000198. The summed E-state index contributed by atoms with van der Waals surface area (Å²) in [6.07, 6.45) is 9.63. The Morgan fingerprint density at radius 2 is 1.71 bits per heavy atom. The van der Waals surface area contributed by atoms with Crippen LogP contribution in [0.3, 0.4) is 0 Å². The van der Waals surface area contributed by atoms with Crippen LogP contribution >= 0.6 is 0 Å². The molecular formula is C20H30N4. The van der Waals surface area contributed by atoms with Gasteiger partial charge >= 0.3 is 0 Å². The van der Waals surface area contributed by atoms with Crippen molar-refractivity contribution in [3.8, 4) is 0 Å². The van der Waals surface area contributed by atoms with Gasteiger partial charge in [-0.1, -0.05) is 33.8 Å². The van der Waals surface area contributed by atoms with Gasteiger partial charge in [-0.3, -0.25) is 15.0 Å². The standard InChI is InChI=1S/C13H20N2.C7H10N2/c1-10(2)13-12(4-3-7-15-13)11-5-8-14-9-6-11;1-6(2)7-5-8-3-4-9-7/h3-4,7,10-11,14H,5-6,8-9H2,1-2H3;3-6H,1-2H3. The number of hydrogen-bond donors (Lipinski definition) is 1. The van der Waals surface area contributed by atoms with Gasteiger partial charge in [0.15, 0.2) is 0 Å². The van der Waals surface area contributed by atoms with E-state index >= 15 is 0 Å². The molecule has 0 aliphatic carbocycles. The minimum atomic E-state index is 0.485. The molecule has 0 atom stereocenters. The van der Waals surface area contributed by atoms with Crippen LogP contribution in [0.2, 0.25) is 0 Å². The highest BCUT2D eigenvalue weighted by Gasteiger charge is 2.19. The summed E-state index contributed by atoms with van der Waals surface area (Å²) < 4.78 is 0. The molecule has 1 N–H and O–H groups in total. The first-order valence-electron chi connectivity index (χ1n) is 9.01. The molecule has 24 heavy (non-hydrogen) atoms. The highest BCUT2D eigenvalue weighted by atomic mass is 14.9. The third-order valence-electron chi connectivity index (χ3n) is 4.37. The zero-order valence-electron chi connectivity index (χ0n) is 15.4. The third kappa shape index (κ3) is 5.38. The summed E-state index contributed by atoms with van der Waals surface area (Å²) in [5.41, 5.74) is 3.83. The summed E-state index contributed by atoms with van der Waals surface area (Å²) >= 11 is 0. The summed E-state index contributed by atoms with van der Waals surface area (Å²) in [5, 5.41) is 3.41. The molecule has 1 aliphatic rings. The van der Waals surface area contributed by atoms with Gasteiger partial charge in [-0.15, -0.1) is 0 Å². The van der Waals surface area contributed by atoms with E-state index in [4.69, 9.17) is 0 Å². The zero-order chi connectivity index (χ0) is 17.4. The van der Waals surface area contributed by atoms with Gasteiger partial charge in [-0.2, -0.15) is 0 Å². The normalized spacial score (nSPS) is 15.2. The summed E-state index contributed by atoms with van der Waals surface area (Å²) in [4.78, 5) is 12.6. The van der Waals surface area contributed by atoms with Crippen molar-refractivity contribution >= 4 is 0 Å². The highest BCUT2D eigenvalue weighted by molar-refractivity contribution is 5.27. The van der Waals surface area contributed by atoms with Gasteiger partial charge in [0.05, 0.1) is 5.69 Å². The summed E-state index contributed by atoms with van der Waals surface area (Å²) in [6, 6.07) is 4.33. The van der Waals surface area contributed by atoms with Gasteiger partial charge in [-0.05, 0) is 55.3 Å². The average molecular weight is 326 g/mol. The quantitative estimate of drug-likeness (QED) is 0.915. The molecule has 0 unspecified atom stereocenters. The molecule has 2 aromatic heterocycles. The van der Waals surface area contributed by atoms with Gasteiger partial charge < -0.3 is 5.32 Å². The SMILES string of the molecule is CC(C)c1cnccn1.CC(C)c1ncccc1C1CCNCC1. The van der Waals surface area contributed by atoms with Crippen LogP contribution in [-0.4, -0.2) is 28.0 Å². The van der Waals surface area contributed by atoms with E-state index in [2.05, 4.69) is 60.1 Å². The first-order valence-corrected chi connectivity index (χ1v) is 9.01. The van der Waals surface area contributed by atoms with Crippen LogP contribution < -0.4 is 5.32 Å². The fraction of sp³-hybridized carbons (Fsp3) is 0.550. The Morgan fingerprint density at radius 1 is 0.958 bits per heavy atom. The third-order valence-corrected chi connectivity index (χ3v) is 4.37. The molecule has 3 rings (SSSR count). The summed E-state index contributed by atoms with van der Waals surface area (Å²) in [5.74, 6) is 1.74. The zero-order valence-corrected chi connectivity index (χ0v) is 15.4. The molecule has 0 radical (unpaired) electrons. The van der Waals surface area contributed by atoms with E-state index in [0.717, 1.165) is 24.7 Å². The van der Waals surface area contributed by atoms with Crippen molar-refractivity contribution in [1.29, 1.82) is 0 Å². The smallest absolute Gasteiger partial charge is 0.0612 e. The van der Waals surface area contributed by atoms with Crippen molar-refractivity contribution in [2.75, 3.05) is 13.1 Å². The first-order chi connectivity index (χ1) is 11.6. The largest absolute Gasteiger partial charge is 0.317 e. The Hall–Kier alpha value is -1.81. The molecule has 0 amide bonds. The summed E-state index contributed by atoms with van der Waals surface area (Å²) in [6.45, 7) is 11.0. The predicted octanol–water partition coefficient (Wildman–Crippen LogP) is 4.27. The monoisotopic (exact) mass is 326 g/mol. The molecule has 1 fully saturated rings. The molecule has 130 valence electrons. The van der Waals surface area contributed by atoms with E-state index in [1.54, 1.807) is 18.6 Å². The topological polar surface area (TPSA) is 50.7 Å². The van der Waals surface area contributed by atoms with Crippen LogP contribution in [0.4, 0.5) is 0 Å². The molecule has 2 aromatic rings. The minimum absolute atomic E-state index is 0.485.